The van der Waals surface area contributed by atoms with Crippen LogP contribution in [-0.4, -0.2) is 6.71 Å². The minimum atomic E-state index is 0.260. The molecule has 0 spiro atoms. The van der Waals surface area contributed by atoms with Gasteiger partial charge in [0, 0.05) is 16.8 Å². The number of anilines is 3. The van der Waals surface area contributed by atoms with Crippen molar-refractivity contribution in [2.75, 3.05) is 4.90 Å². The van der Waals surface area contributed by atoms with E-state index in [4.69, 9.17) is 0 Å². The molecule has 0 amide bonds. The van der Waals surface area contributed by atoms with Gasteiger partial charge in [-0.2, -0.15) is 0 Å². The minimum absolute atomic E-state index is 0.260. The molecule has 8 aromatic rings. The first-order chi connectivity index (χ1) is 20.8. The lowest BCUT2D eigenvalue weighted by molar-refractivity contribution is 1.31. The van der Waals surface area contributed by atoms with Crippen LogP contribution < -0.4 is 21.3 Å². The molecule has 0 N–H and O–H groups in total. The second-order valence-corrected chi connectivity index (χ2v) is 11.7. The molecule has 0 radical (unpaired) electrons. The van der Waals surface area contributed by atoms with Crippen molar-refractivity contribution in [3.8, 4) is 22.3 Å². The molecule has 0 saturated heterocycles. The fourth-order valence-corrected chi connectivity index (χ4v) is 7.88. The van der Waals surface area contributed by atoms with Gasteiger partial charge < -0.3 is 4.90 Å². The Hall–Kier alpha value is -5.34. The summed E-state index contributed by atoms with van der Waals surface area (Å²) in [5.41, 5.74) is 13.2. The van der Waals surface area contributed by atoms with Crippen molar-refractivity contribution >= 4 is 72.5 Å². The van der Waals surface area contributed by atoms with E-state index in [2.05, 4.69) is 150 Å². The maximum absolute atomic E-state index is 2.53. The molecule has 1 nitrogen and oxygen atoms in total. The topological polar surface area (TPSA) is 3.24 Å². The van der Waals surface area contributed by atoms with Crippen LogP contribution in [0, 0.1) is 0 Å². The Balaban J connectivity index is 1.26. The molecule has 0 aromatic heterocycles. The Morgan fingerprint density at radius 3 is 1.95 bits per heavy atom. The van der Waals surface area contributed by atoms with E-state index in [-0.39, 0.29) is 6.71 Å². The summed E-state index contributed by atoms with van der Waals surface area (Å²) < 4.78 is 0. The SMILES string of the molecule is c1ccc(-c2cc3ccc4ccc(N5c6ccccc6B6c7ccccc7-c7cccc5c76)c5ccc(c2)c3c45)cc1. The van der Waals surface area contributed by atoms with Gasteiger partial charge in [-0.05, 0) is 90.4 Å². The summed E-state index contributed by atoms with van der Waals surface area (Å²) in [7, 11) is 0. The van der Waals surface area contributed by atoms with Gasteiger partial charge >= 0.3 is 0 Å². The molecular weight excluding hydrogens is 505 g/mol. The molecule has 2 heterocycles. The Morgan fingerprint density at radius 1 is 0.405 bits per heavy atom. The lowest BCUT2D eigenvalue weighted by atomic mass is 9.37. The summed E-state index contributed by atoms with van der Waals surface area (Å²) in [5, 5.41) is 7.85. The molecular formula is C40H24BN. The van der Waals surface area contributed by atoms with Crippen LogP contribution in [-0.2, 0) is 0 Å². The van der Waals surface area contributed by atoms with Gasteiger partial charge in [-0.1, -0.05) is 121 Å². The van der Waals surface area contributed by atoms with Gasteiger partial charge in [-0.25, -0.2) is 0 Å². The average molecular weight is 529 g/mol. The normalized spacial score (nSPS) is 13.1. The van der Waals surface area contributed by atoms with Crippen molar-refractivity contribution in [2.45, 2.75) is 0 Å². The first kappa shape index (κ1) is 22.4. The van der Waals surface area contributed by atoms with E-state index in [1.54, 1.807) is 0 Å². The van der Waals surface area contributed by atoms with Crippen LogP contribution in [0.1, 0.15) is 0 Å². The molecule has 0 fully saturated rings. The number of rotatable bonds is 2. The zero-order chi connectivity index (χ0) is 27.4. The average Bonchev–Trinajstić information content (AvgIpc) is 3.40. The predicted molar refractivity (Wildman–Crippen MR) is 180 cm³/mol. The van der Waals surface area contributed by atoms with Crippen molar-refractivity contribution in [1.29, 1.82) is 0 Å². The molecule has 8 aromatic carbocycles. The van der Waals surface area contributed by atoms with E-state index >= 15 is 0 Å². The third kappa shape index (κ3) is 2.84. The van der Waals surface area contributed by atoms with E-state index in [1.807, 2.05) is 0 Å². The highest BCUT2D eigenvalue weighted by Gasteiger charge is 2.42. The number of benzene rings is 8. The number of hydrogen-bond acceptors (Lipinski definition) is 1. The van der Waals surface area contributed by atoms with E-state index < -0.39 is 0 Å². The first-order valence-corrected chi connectivity index (χ1v) is 14.7. The monoisotopic (exact) mass is 529 g/mol. The van der Waals surface area contributed by atoms with E-state index in [0.29, 0.717) is 0 Å². The molecule has 2 aliphatic heterocycles. The number of hydrogen-bond donors (Lipinski definition) is 0. The third-order valence-corrected chi connectivity index (χ3v) is 9.59. The highest BCUT2D eigenvalue weighted by atomic mass is 15.2. The Bertz CT molecular complexity index is 2350. The highest BCUT2D eigenvalue weighted by molar-refractivity contribution is 7.01. The van der Waals surface area contributed by atoms with Gasteiger partial charge in [-0.15, -0.1) is 0 Å². The summed E-state index contributed by atoms with van der Waals surface area (Å²) in [6.45, 7) is 0.260. The van der Waals surface area contributed by atoms with Gasteiger partial charge in [0.05, 0.1) is 5.69 Å². The lowest BCUT2D eigenvalue weighted by Crippen LogP contribution is -2.54. The number of fused-ring (bicyclic) bond motifs is 5. The maximum atomic E-state index is 2.53. The van der Waals surface area contributed by atoms with Crippen molar-refractivity contribution in [1.82, 2.24) is 0 Å². The van der Waals surface area contributed by atoms with Gasteiger partial charge in [0.2, 0.25) is 6.71 Å². The van der Waals surface area contributed by atoms with E-state index in [1.165, 1.54) is 88.0 Å². The molecule has 0 unspecified atom stereocenters. The Kier molecular flexibility index (Phi) is 4.32. The van der Waals surface area contributed by atoms with E-state index in [0.717, 1.165) is 0 Å². The zero-order valence-electron chi connectivity index (χ0n) is 22.9. The van der Waals surface area contributed by atoms with Crippen LogP contribution in [0.5, 0.6) is 0 Å². The molecule has 192 valence electrons. The standard InChI is InChI=1S/C40H24BN/c1-2-9-25(10-3-1)29-23-27-18-17-26-20-22-35(32-21-19-28(24-29)38(27)39(26)32)42-36-15-7-6-14-34(36)41-33-13-5-4-11-30(33)31-12-8-16-37(42)40(31)41/h1-24H. The van der Waals surface area contributed by atoms with Crippen LogP contribution in [0.3, 0.4) is 0 Å². The molecule has 2 heteroatoms. The zero-order valence-corrected chi connectivity index (χ0v) is 22.9. The van der Waals surface area contributed by atoms with Crippen LogP contribution in [0.2, 0.25) is 0 Å². The predicted octanol–water partition coefficient (Wildman–Crippen LogP) is 8.53. The van der Waals surface area contributed by atoms with Crippen molar-refractivity contribution in [3.05, 3.63) is 146 Å². The maximum Gasteiger partial charge on any atom is 0.248 e. The fraction of sp³-hybridized carbons (Fsp3) is 0. The molecule has 0 bridgehead atoms. The smallest absolute Gasteiger partial charge is 0.248 e. The molecule has 2 aliphatic rings. The van der Waals surface area contributed by atoms with E-state index in [9.17, 15) is 0 Å². The Morgan fingerprint density at radius 2 is 1.07 bits per heavy atom. The Labute approximate surface area is 244 Å². The molecule has 42 heavy (non-hydrogen) atoms. The van der Waals surface area contributed by atoms with Crippen molar-refractivity contribution in [2.24, 2.45) is 0 Å². The van der Waals surface area contributed by atoms with Crippen LogP contribution in [0.25, 0.3) is 54.6 Å². The van der Waals surface area contributed by atoms with Crippen LogP contribution >= 0.6 is 0 Å². The molecule has 0 saturated carbocycles. The van der Waals surface area contributed by atoms with Crippen LogP contribution in [0.15, 0.2) is 146 Å². The lowest BCUT2D eigenvalue weighted by Gasteiger charge is -2.36. The fourth-order valence-electron chi connectivity index (χ4n) is 7.88. The van der Waals surface area contributed by atoms with Crippen molar-refractivity contribution in [3.63, 3.8) is 0 Å². The van der Waals surface area contributed by atoms with Crippen molar-refractivity contribution < 1.29 is 0 Å². The van der Waals surface area contributed by atoms with Crippen LogP contribution in [0.4, 0.5) is 17.1 Å². The third-order valence-electron chi connectivity index (χ3n) is 9.59. The first-order valence-electron chi connectivity index (χ1n) is 14.7. The summed E-state index contributed by atoms with van der Waals surface area (Å²) >= 11 is 0. The second kappa shape index (κ2) is 8.12. The van der Waals surface area contributed by atoms with Gasteiger partial charge in [0.25, 0.3) is 0 Å². The summed E-state index contributed by atoms with van der Waals surface area (Å²) in [4.78, 5) is 2.53. The summed E-state index contributed by atoms with van der Waals surface area (Å²) in [6.07, 6.45) is 0. The number of nitrogens with zero attached hydrogens (tertiary/aromatic N) is 1. The van der Waals surface area contributed by atoms with Gasteiger partial charge in [0.15, 0.2) is 0 Å². The molecule has 10 rings (SSSR count). The van der Waals surface area contributed by atoms with Gasteiger partial charge in [0.1, 0.15) is 0 Å². The summed E-state index contributed by atoms with van der Waals surface area (Å²) in [5.74, 6) is 0. The number of para-hydroxylation sites is 1. The second-order valence-electron chi connectivity index (χ2n) is 11.7. The molecule has 0 aliphatic carbocycles. The molecule has 0 atom stereocenters. The highest BCUT2D eigenvalue weighted by Crippen LogP contribution is 2.46. The summed E-state index contributed by atoms with van der Waals surface area (Å²) in [6, 6.07) is 54.1. The minimum Gasteiger partial charge on any atom is -0.311 e. The van der Waals surface area contributed by atoms with Gasteiger partial charge in [-0.3, -0.25) is 0 Å². The quantitative estimate of drug-likeness (QED) is 0.160. The largest absolute Gasteiger partial charge is 0.311 e.